The summed E-state index contributed by atoms with van der Waals surface area (Å²) in [5.41, 5.74) is 2.65. The van der Waals surface area contributed by atoms with Crippen LogP contribution in [0.2, 0.25) is 0 Å². The van der Waals surface area contributed by atoms with Crippen LogP contribution >= 0.6 is 11.3 Å². The fraction of sp³-hybridized carbons (Fsp3) is 0.375. The standard InChI is InChI=1S/C16H18N2O2S2/c19-22(20,15-6-3-11-21-15)18-9-7-16(8-10-18)12-17-14-5-2-1-4-13(14)16/h1-6,11,17H,7-10,12H2. The van der Waals surface area contributed by atoms with E-state index in [9.17, 15) is 8.42 Å². The van der Waals surface area contributed by atoms with Crippen LogP contribution in [0.4, 0.5) is 5.69 Å². The monoisotopic (exact) mass is 334 g/mol. The molecular formula is C16H18N2O2S2. The quantitative estimate of drug-likeness (QED) is 0.919. The Morgan fingerprint density at radius 2 is 1.86 bits per heavy atom. The van der Waals surface area contributed by atoms with Gasteiger partial charge in [-0.1, -0.05) is 24.3 Å². The van der Waals surface area contributed by atoms with E-state index < -0.39 is 10.0 Å². The van der Waals surface area contributed by atoms with E-state index in [1.807, 2.05) is 11.4 Å². The van der Waals surface area contributed by atoms with Crippen LogP contribution in [0.25, 0.3) is 0 Å². The van der Waals surface area contributed by atoms with Gasteiger partial charge in [0.25, 0.3) is 10.0 Å². The van der Waals surface area contributed by atoms with E-state index in [1.165, 1.54) is 22.6 Å². The summed E-state index contributed by atoms with van der Waals surface area (Å²) in [5, 5.41) is 5.29. The first kappa shape index (κ1) is 14.2. The van der Waals surface area contributed by atoms with Crippen molar-refractivity contribution in [2.24, 2.45) is 0 Å². The Morgan fingerprint density at radius 3 is 2.59 bits per heavy atom. The van der Waals surface area contributed by atoms with Gasteiger partial charge in [-0.2, -0.15) is 4.31 Å². The lowest BCUT2D eigenvalue weighted by Crippen LogP contribution is -2.45. The van der Waals surface area contributed by atoms with E-state index in [0.717, 1.165) is 19.4 Å². The summed E-state index contributed by atoms with van der Waals surface area (Å²) in [4.78, 5) is 0. The first-order valence-electron chi connectivity index (χ1n) is 7.49. The van der Waals surface area contributed by atoms with Gasteiger partial charge in [0.05, 0.1) is 0 Å². The molecule has 1 saturated heterocycles. The maximum Gasteiger partial charge on any atom is 0.252 e. The molecule has 4 nitrogen and oxygen atoms in total. The molecule has 0 atom stereocenters. The summed E-state index contributed by atoms with van der Waals surface area (Å²) in [5.74, 6) is 0. The number of para-hydroxylation sites is 1. The van der Waals surface area contributed by atoms with Crippen LogP contribution in [-0.2, 0) is 15.4 Å². The van der Waals surface area contributed by atoms with Gasteiger partial charge in [-0.3, -0.25) is 0 Å². The molecule has 1 aromatic heterocycles. The number of piperidine rings is 1. The van der Waals surface area contributed by atoms with Crippen molar-refractivity contribution in [2.45, 2.75) is 22.5 Å². The van der Waals surface area contributed by atoms with Crippen molar-refractivity contribution in [3.63, 3.8) is 0 Å². The van der Waals surface area contributed by atoms with Gasteiger partial charge in [0, 0.05) is 30.7 Å². The minimum Gasteiger partial charge on any atom is -0.384 e. The van der Waals surface area contributed by atoms with Gasteiger partial charge in [0.1, 0.15) is 4.21 Å². The molecule has 4 rings (SSSR count). The fourth-order valence-corrected chi connectivity index (χ4v) is 6.18. The van der Waals surface area contributed by atoms with Crippen molar-refractivity contribution < 1.29 is 8.42 Å². The third kappa shape index (κ3) is 2.09. The number of anilines is 1. The van der Waals surface area contributed by atoms with E-state index >= 15 is 0 Å². The molecule has 0 amide bonds. The molecule has 1 spiro atoms. The molecule has 2 aliphatic rings. The number of hydrogen-bond acceptors (Lipinski definition) is 4. The number of hydrogen-bond donors (Lipinski definition) is 1. The number of rotatable bonds is 2. The highest BCUT2D eigenvalue weighted by molar-refractivity contribution is 7.91. The second-order valence-corrected chi connectivity index (χ2v) is 9.13. The molecule has 1 N–H and O–H groups in total. The highest BCUT2D eigenvalue weighted by Gasteiger charge is 2.43. The minimum absolute atomic E-state index is 0.0953. The molecule has 6 heteroatoms. The third-order valence-corrected chi connectivity index (χ3v) is 8.16. The molecule has 2 aliphatic heterocycles. The smallest absolute Gasteiger partial charge is 0.252 e. The number of fused-ring (bicyclic) bond motifs is 2. The molecular weight excluding hydrogens is 316 g/mol. The van der Waals surface area contributed by atoms with E-state index in [0.29, 0.717) is 17.3 Å². The lowest BCUT2D eigenvalue weighted by Gasteiger charge is -2.38. The Morgan fingerprint density at radius 1 is 1.09 bits per heavy atom. The van der Waals surface area contributed by atoms with Crippen molar-refractivity contribution >= 4 is 27.0 Å². The number of thiophene rings is 1. The van der Waals surface area contributed by atoms with E-state index in [1.54, 1.807) is 16.4 Å². The predicted octanol–water partition coefficient (Wildman–Crippen LogP) is 2.90. The van der Waals surface area contributed by atoms with Gasteiger partial charge < -0.3 is 5.32 Å². The zero-order valence-corrected chi connectivity index (χ0v) is 13.8. The van der Waals surface area contributed by atoms with Crippen molar-refractivity contribution in [1.29, 1.82) is 0 Å². The SMILES string of the molecule is O=S(=O)(c1cccs1)N1CCC2(CC1)CNc1ccccc12. The van der Waals surface area contributed by atoms with Gasteiger partial charge in [-0.15, -0.1) is 11.3 Å². The number of sulfonamides is 1. The van der Waals surface area contributed by atoms with E-state index in [4.69, 9.17) is 0 Å². The Bertz CT molecular complexity index is 776. The Balaban J connectivity index is 1.57. The van der Waals surface area contributed by atoms with Crippen LogP contribution in [0, 0.1) is 0 Å². The molecule has 0 unspecified atom stereocenters. The van der Waals surface area contributed by atoms with Crippen LogP contribution < -0.4 is 5.32 Å². The molecule has 1 aromatic carbocycles. The molecule has 0 bridgehead atoms. The first-order valence-corrected chi connectivity index (χ1v) is 9.81. The van der Waals surface area contributed by atoms with Crippen molar-refractivity contribution in [1.82, 2.24) is 4.31 Å². The molecule has 0 aliphatic carbocycles. The molecule has 0 saturated carbocycles. The molecule has 1 fully saturated rings. The maximum absolute atomic E-state index is 12.6. The van der Waals surface area contributed by atoms with Gasteiger partial charge in [-0.25, -0.2) is 8.42 Å². The number of benzene rings is 1. The fourth-order valence-electron chi connectivity index (χ4n) is 3.60. The number of nitrogens with one attached hydrogen (secondary N) is 1. The highest BCUT2D eigenvalue weighted by atomic mass is 32.2. The predicted molar refractivity (Wildman–Crippen MR) is 88.9 cm³/mol. The third-order valence-electron chi connectivity index (χ3n) is 4.88. The van der Waals surface area contributed by atoms with Crippen molar-refractivity contribution in [3.8, 4) is 0 Å². The summed E-state index contributed by atoms with van der Waals surface area (Å²) >= 11 is 1.29. The molecule has 0 radical (unpaired) electrons. The summed E-state index contributed by atoms with van der Waals surface area (Å²) in [6.07, 6.45) is 1.75. The van der Waals surface area contributed by atoms with Gasteiger partial charge >= 0.3 is 0 Å². The first-order chi connectivity index (χ1) is 10.6. The van der Waals surface area contributed by atoms with Crippen molar-refractivity contribution in [3.05, 3.63) is 47.3 Å². The van der Waals surface area contributed by atoms with E-state index in [2.05, 4.69) is 23.5 Å². The Kier molecular flexibility index (Phi) is 3.29. The van der Waals surface area contributed by atoms with Gasteiger partial charge in [0.2, 0.25) is 0 Å². The molecule has 2 aromatic rings. The van der Waals surface area contributed by atoms with E-state index in [-0.39, 0.29) is 5.41 Å². The van der Waals surface area contributed by atoms with Crippen LogP contribution in [0.15, 0.2) is 46.0 Å². The van der Waals surface area contributed by atoms with Crippen LogP contribution in [-0.4, -0.2) is 32.4 Å². The van der Waals surface area contributed by atoms with Crippen LogP contribution in [0.1, 0.15) is 18.4 Å². The summed E-state index contributed by atoms with van der Waals surface area (Å²) in [6, 6.07) is 11.9. The lowest BCUT2D eigenvalue weighted by atomic mass is 9.75. The molecule has 116 valence electrons. The topological polar surface area (TPSA) is 49.4 Å². The highest BCUT2D eigenvalue weighted by Crippen LogP contribution is 2.44. The van der Waals surface area contributed by atoms with Crippen molar-refractivity contribution in [2.75, 3.05) is 25.0 Å². The second-order valence-electron chi connectivity index (χ2n) is 6.02. The lowest BCUT2D eigenvalue weighted by molar-refractivity contribution is 0.249. The Labute approximate surface area is 134 Å². The summed E-state index contributed by atoms with van der Waals surface area (Å²) in [7, 11) is -3.31. The zero-order valence-electron chi connectivity index (χ0n) is 12.2. The molecule has 3 heterocycles. The number of nitrogens with zero attached hydrogens (tertiary/aromatic N) is 1. The summed E-state index contributed by atoms with van der Waals surface area (Å²) < 4.78 is 27.3. The largest absolute Gasteiger partial charge is 0.384 e. The second kappa shape index (κ2) is 5.08. The average Bonchev–Trinajstić information content (AvgIpc) is 3.18. The van der Waals surface area contributed by atoms with Crippen LogP contribution in [0.5, 0.6) is 0 Å². The maximum atomic E-state index is 12.6. The van der Waals surface area contributed by atoms with Crippen LogP contribution in [0.3, 0.4) is 0 Å². The Hall–Kier alpha value is -1.37. The normalized spacial score (nSPS) is 20.7. The average molecular weight is 334 g/mol. The van der Waals surface area contributed by atoms with Gasteiger partial charge in [-0.05, 0) is 35.9 Å². The van der Waals surface area contributed by atoms with Gasteiger partial charge in [0.15, 0.2) is 0 Å². The zero-order chi connectivity index (χ0) is 15.2. The molecule has 22 heavy (non-hydrogen) atoms. The minimum atomic E-state index is -3.31. The summed E-state index contributed by atoms with van der Waals surface area (Å²) in [6.45, 7) is 2.10.